The normalized spacial score (nSPS) is 10.7. The Labute approximate surface area is 167 Å². The number of hydrogen-bond acceptors (Lipinski definition) is 5. The third-order valence-corrected chi connectivity index (χ3v) is 5.14. The highest BCUT2D eigenvalue weighted by molar-refractivity contribution is 7.99. The lowest BCUT2D eigenvalue weighted by molar-refractivity contribution is -0.127. The van der Waals surface area contributed by atoms with Crippen LogP contribution in [0.25, 0.3) is 5.69 Å². The molecule has 6 nitrogen and oxygen atoms in total. The number of carbonyl (C=O) groups excluding carboxylic acids is 1. The third-order valence-electron chi connectivity index (χ3n) is 4.22. The number of hydrogen-bond donors (Lipinski definition) is 0. The van der Waals surface area contributed by atoms with Crippen LogP contribution >= 0.6 is 11.8 Å². The van der Waals surface area contributed by atoms with Crippen molar-refractivity contribution in [3.63, 3.8) is 0 Å². The molecule has 0 aliphatic heterocycles. The molecule has 1 amide bonds. The van der Waals surface area contributed by atoms with Gasteiger partial charge in [0.2, 0.25) is 5.91 Å². The SMILES string of the molecule is COc1ccc(CN(C)C(=O)CSc2nncn2-c2ccc(C)cc2)cc1F. The van der Waals surface area contributed by atoms with E-state index in [-0.39, 0.29) is 17.4 Å². The average Bonchev–Trinajstić information content (AvgIpc) is 3.15. The molecule has 0 spiro atoms. The highest BCUT2D eigenvalue weighted by Gasteiger charge is 2.14. The number of halogens is 1. The molecule has 3 rings (SSSR count). The number of aromatic nitrogens is 3. The predicted molar refractivity (Wildman–Crippen MR) is 106 cm³/mol. The smallest absolute Gasteiger partial charge is 0.233 e. The van der Waals surface area contributed by atoms with E-state index in [2.05, 4.69) is 10.2 Å². The van der Waals surface area contributed by atoms with Gasteiger partial charge in [-0.2, -0.15) is 0 Å². The molecule has 3 aromatic rings. The minimum Gasteiger partial charge on any atom is -0.494 e. The Morgan fingerprint density at radius 1 is 1.25 bits per heavy atom. The minimum absolute atomic E-state index is 0.0836. The van der Waals surface area contributed by atoms with Gasteiger partial charge >= 0.3 is 0 Å². The summed E-state index contributed by atoms with van der Waals surface area (Å²) in [6.07, 6.45) is 1.63. The summed E-state index contributed by atoms with van der Waals surface area (Å²) in [5.74, 6) is -0.135. The van der Waals surface area contributed by atoms with E-state index >= 15 is 0 Å². The molecule has 0 aliphatic carbocycles. The molecule has 0 saturated heterocycles. The van der Waals surface area contributed by atoms with Crippen LogP contribution < -0.4 is 4.74 Å². The first-order valence-corrected chi connectivity index (χ1v) is 9.62. The maximum atomic E-state index is 13.8. The average molecular weight is 400 g/mol. The maximum Gasteiger partial charge on any atom is 0.233 e. The lowest BCUT2D eigenvalue weighted by Crippen LogP contribution is -2.28. The molecule has 1 aromatic heterocycles. The second-order valence-electron chi connectivity index (χ2n) is 6.33. The Kier molecular flexibility index (Phi) is 6.30. The monoisotopic (exact) mass is 400 g/mol. The summed E-state index contributed by atoms with van der Waals surface area (Å²) in [5, 5.41) is 8.69. The zero-order chi connectivity index (χ0) is 20.1. The van der Waals surface area contributed by atoms with Crippen LogP contribution in [0.3, 0.4) is 0 Å². The third kappa shape index (κ3) is 4.69. The van der Waals surface area contributed by atoms with Crippen molar-refractivity contribution in [2.24, 2.45) is 0 Å². The fraction of sp³-hybridized carbons (Fsp3) is 0.250. The molecule has 1 heterocycles. The molecule has 0 unspecified atom stereocenters. The van der Waals surface area contributed by atoms with Crippen molar-refractivity contribution >= 4 is 17.7 Å². The van der Waals surface area contributed by atoms with Crippen LogP contribution in [0.15, 0.2) is 53.9 Å². The molecular weight excluding hydrogens is 379 g/mol. The van der Waals surface area contributed by atoms with E-state index in [4.69, 9.17) is 4.74 Å². The van der Waals surface area contributed by atoms with Crippen LogP contribution in [-0.4, -0.2) is 45.5 Å². The van der Waals surface area contributed by atoms with Gasteiger partial charge in [0.25, 0.3) is 0 Å². The number of benzene rings is 2. The van der Waals surface area contributed by atoms with Crippen molar-refractivity contribution < 1.29 is 13.9 Å². The zero-order valence-corrected chi connectivity index (χ0v) is 16.7. The molecule has 0 atom stereocenters. The standard InChI is InChI=1S/C20H21FN4O2S/c1-14-4-7-16(8-5-14)25-13-22-23-20(25)28-12-19(26)24(2)11-15-6-9-18(27-3)17(21)10-15/h4-10,13H,11-12H2,1-3H3. The molecule has 28 heavy (non-hydrogen) atoms. The van der Waals surface area contributed by atoms with Gasteiger partial charge in [-0.1, -0.05) is 35.5 Å². The van der Waals surface area contributed by atoms with Gasteiger partial charge < -0.3 is 9.64 Å². The van der Waals surface area contributed by atoms with Gasteiger partial charge in [-0.15, -0.1) is 10.2 Å². The van der Waals surface area contributed by atoms with E-state index in [1.807, 2.05) is 35.8 Å². The van der Waals surface area contributed by atoms with Gasteiger partial charge in [0.05, 0.1) is 12.9 Å². The molecule has 0 aliphatic rings. The van der Waals surface area contributed by atoms with Crippen LogP contribution in [0.4, 0.5) is 4.39 Å². The number of methoxy groups -OCH3 is 1. The first-order chi connectivity index (χ1) is 13.5. The van der Waals surface area contributed by atoms with E-state index in [1.54, 1.807) is 30.4 Å². The minimum atomic E-state index is -0.443. The number of thioether (sulfide) groups is 1. The fourth-order valence-corrected chi connectivity index (χ4v) is 3.48. The van der Waals surface area contributed by atoms with E-state index in [0.29, 0.717) is 17.3 Å². The second-order valence-corrected chi connectivity index (χ2v) is 7.27. The molecule has 0 fully saturated rings. The second kappa shape index (κ2) is 8.88. The van der Waals surface area contributed by atoms with E-state index in [9.17, 15) is 9.18 Å². The molecular formula is C20H21FN4O2S. The van der Waals surface area contributed by atoms with Crippen molar-refractivity contribution in [2.45, 2.75) is 18.6 Å². The summed E-state index contributed by atoms with van der Waals surface area (Å²) in [6.45, 7) is 2.33. The van der Waals surface area contributed by atoms with Gasteiger partial charge in [-0.25, -0.2) is 4.39 Å². The molecule has 0 bridgehead atoms. The van der Waals surface area contributed by atoms with Crippen LogP contribution in [0, 0.1) is 12.7 Å². The molecule has 2 aromatic carbocycles. The number of rotatable bonds is 7. The van der Waals surface area contributed by atoms with Crippen molar-refractivity contribution in [1.29, 1.82) is 0 Å². The number of ether oxygens (including phenoxy) is 1. The largest absolute Gasteiger partial charge is 0.494 e. The Bertz CT molecular complexity index is 959. The van der Waals surface area contributed by atoms with Gasteiger partial charge in [0.1, 0.15) is 6.33 Å². The summed E-state index contributed by atoms with van der Waals surface area (Å²) in [5.41, 5.74) is 2.80. The van der Waals surface area contributed by atoms with Gasteiger partial charge in [0.15, 0.2) is 16.7 Å². The number of amides is 1. The summed E-state index contributed by atoms with van der Waals surface area (Å²) >= 11 is 1.31. The van der Waals surface area contributed by atoms with Gasteiger partial charge in [-0.3, -0.25) is 9.36 Å². The molecule has 146 valence electrons. The Hall–Kier alpha value is -2.87. The zero-order valence-electron chi connectivity index (χ0n) is 15.9. The Balaban J connectivity index is 1.60. The summed E-state index contributed by atoms with van der Waals surface area (Å²) < 4.78 is 20.6. The maximum absolute atomic E-state index is 13.8. The predicted octanol–water partition coefficient (Wildman–Crippen LogP) is 3.47. The van der Waals surface area contributed by atoms with Gasteiger partial charge in [-0.05, 0) is 36.8 Å². The van der Waals surface area contributed by atoms with Crippen molar-refractivity contribution in [2.75, 3.05) is 19.9 Å². The van der Waals surface area contributed by atoms with Crippen LogP contribution in [0.2, 0.25) is 0 Å². The Morgan fingerprint density at radius 2 is 2.00 bits per heavy atom. The van der Waals surface area contributed by atoms with Crippen LogP contribution in [0.1, 0.15) is 11.1 Å². The van der Waals surface area contributed by atoms with Crippen LogP contribution in [0.5, 0.6) is 5.75 Å². The quantitative estimate of drug-likeness (QED) is 0.569. The van der Waals surface area contributed by atoms with Crippen molar-refractivity contribution in [3.05, 3.63) is 65.7 Å². The molecule has 0 N–H and O–H groups in total. The molecule has 0 radical (unpaired) electrons. The van der Waals surface area contributed by atoms with Crippen molar-refractivity contribution in [1.82, 2.24) is 19.7 Å². The van der Waals surface area contributed by atoms with E-state index in [1.165, 1.54) is 24.9 Å². The molecule has 8 heteroatoms. The number of nitrogens with zero attached hydrogens (tertiary/aromatic N) is 4. The molecule has 0 saturated carbocycles. The van der Waals surface area contributed by atoms with E-state index in [0.717, 1.165) is 11.3 Å². The highest BCUT2D eigenvalue weighted by Crippen LogP contribution is 2.21. The van der Waals surface area contributed by atoms with E-state index < -0.39 is 5.82 Å². The Morgan fingerprint density at radius 3 is 2.68 bits per heavy atom. The first-order valence-electron chi connectivity index (χ1n) is 8.64. The highest BCUT2D eigenvalue weighted by atomic mass is 32.2. The summed E-state index contributed by atoms with van der Waals surface area (Å²) in [7, 11) is 3.11. The van der Waals surface area contributed by atoms with Crippen LogP contribution in [-0.2, 0) is 11.3 Å². The fourth-order valence-electron chi connectivity index (χ4n) is 2.61. The lowest BCUT2D eigenvalue weighted by atomic mass is 10.2. The van der Waals surface area contributed by atoms with Crippen molar-refractivity contribution in [3.8, 4) is 11.4 Å². The van der Waals surface area contributed by atoms with Gasteiger partial charge in [0, 0.05) is 19.3 Å². The lowest BCUT2D eigenvalue weighted by Gasteiger charge is -2.17. The summed E-state index contributed by atoms with van der Waals surface area (Å²) in [4.78, 5) is 14.0. The number of carbonyl (C=O) groups is 1. The topological polar surface area (TPSA) is 60.2 Å². The first kappa shape index (κ1) is 19.9. The number of aryl methyl sites for hydroxylation is 1. The summed E-state index contributed by atoms with van der Waals surface area (Å²) in [6, 6.07) is 12.7.